The second kappa shape index (κ2) is 9.52. The monoisotopic (exact) mass is 414 g/mol. The van der Waals surface area contributed by atoms with E-state index in [0.29, 0.717) is 28.2 Å². The lowest BCUT2D eigenvalue weighted by atomic mass is 9.84. The molecule has 1 N–H and O–H groups in total. The van der Waals surface area contributed by atoms with Crippen LogP contribution in [0.25, 0.3) is 0 Å². The summed E-state index contributed by atoms with van der Waals surface area (Å²) >= 11 is 0. The Morgan fingerprint density at radius 1 is 0.710 bits per heavy atom. The van der Waals surface area contributed by atoms with Crippen molar-refractivity contribution >= 4 is 17.5 Å². The van der Waals surface area contributed by atoms with Gasteiger partial charge in [0.05, 0.1) is 5.92 Å². The first-order chi connectivity index (χ1) is 14.8. The van der Waals surface area contributed by atoms with Crippen LogP contribution < -0.4 is 0 Å². The van der Waals surface area contributed by atoms with Gasteiger partial charge in [0.25, 0.3) is 0 Å². The van der Waals surface area contributed by atoms with E-state index < -0.39 is 11.9 Å². The molecule has 158 valence electrons. The van der Waals surface area contributed by atoms with Crippen LogP contribution in [0.4, 0.5) is 0 Å². The van der Waals surface area contributed by atoms with E-state index in [4.69, 9.17) is 5.11 Å². The number of ketones is 2. The van der Waals surface area contributed by atoms with Crippen molar-refractivity contribution in [2.45, 2.75) is 33.1 Å². The summed E-state index contributed by atoms with van der Waals surface area (Å²) in [6, 6.07) is 21.8. The molecule has 0 fully saturated rings. The van der Waals surface area contributed by atoms with E-state index in [-0.39, 0.29) is 11.6 Å². The molecule has 3 aromatic carbocycles. The van der Waals surface area contributed by atoms with Gasteiger partial charge in [0, 0.05) is 22.3 Å². The number of carbonyl (C=O) groups excluding carboxylic acids is 2. The molecule has 0 amide bonds. The molecule has 0 aliphatic heterocycles. The molecule has 0 spiro atoms. The van der Waals surface area contributed by atoms with Gasteiger partial charge >= 0.3 is 5.97 Å². The van der Waals surface area contributed by atoms with Crippen molar-refractivity contribution in [1.29, 1.82) is 0 Å². The van der Waals surface area contributed by atoms with Crippen LogP contribution in [0.15, 0.2) is 72.8 Å². The number of hydrogen-bond acceptors (Lipinski definition) is 3. The van der Waals surface area contributed by atoms with Crippen molar-refractivity contribution in [3.63, 3.8) is 0 Å². The third kappa shape index (κ3) is 4.97. The molecule has 31 heavy (non-hydrogen) atoms. The summed E-state index contributed by atoms with van der Waals surface area (Å²) in [5, 5.41) is 8.85. The van der Waals surface area contributed by atoms with Crippen LogP contribution >= 0.6 is 0 Å². The highest BCUT2D eigenvalue weighted by molar-refractivity contribution is 6.28. The number of rotatable bonds is 4. The van der Waals surface area contributed by atoms with Crippen LogP contribution in [-0.4, -0.2) is 22.6 Å². The molecule has 1 aliphatic rings. The van der Waals surface area contributed by atoms with Crippen LogP contribution in [0.1, 0.15) is 69.7 Å². The number of carboxylic acid groups (broad SMARTS) is 1. The highest BCUT2D eigenvalue weighted by atomic mass is 16.4. The minimum Gasteiger partial charge on any atom is -0.481 e. The molecular weight excluding hydrogens is 388 g/mol. The average molecular weight is 415 g/mol. The highest BCUT2D eigenvalue weighted by Crippen LogP contribution is 2.26. The SMILES string of the molecule is CC(C)Cc1ccc(C(C)C(=O)O)cc1.O=C1c2ccccc2C(=O)c2ccccc21. The molecular formula is C27H26O4. The van der Waals surface area contributed by atoms with Gasteiger partial charge < -0.3 is 5.11 Å². The van der Waals surface area contributed by atoms with Crippen LogP contribution in [0.3, 0.4) is 0 Å². The summed E-state index contributed by atoms with van der Waals surface area (Å²) in [5.74, 6) is -0.686. The molecule has 0 heterocycles. The van der Waals surface area contributed by atoms with Gasteiger partial charge in [-0.15, -0.1) is 0 Å². The summed E-state index contributed by atoms with van der Waals surface area (Å²) in [6.07, 6.45) is 1.04. The second-order valence-corrected chi connectivity index (χ2v) is 8.15. The first-order valence-electron chi connectivity index (χ1n) is 10.4. The summed E-state index contributed by atoms with van der Waals surface area (Å²) < 4.78 is 0. The lowest BCUT2D eigenvalue weighted by Crippen LogP contribution is -2.20. The van der Waals surface area contributed by atoms with Gasteiger partial charge in [-0.05, 0) is 30.4 Å². The number of carbonyl (C=O) groups is 3. The Labute approximate surface area is 182 Å². The third-order valence-electron chi connectivity index (χ3n) is 5.33. The zero-order valence-electron chi connectivity index (χ0n) is 18.0. The Bertz CT molecular complexity index is 1000. The van der Waals surface area contributed by atoms with Crippen LogP contribution in [0.5, 0.6) is 0 Å². The Morgan fingerprint density at radius 2 is 1.10 bits per heavy atom. The fourth-order valence-corrected chi connectivity index (χ4v) is 3.60. The summed E-state index contributed by atoms with van der Waals surface area (Å²) in [4.78, 5) is 35.0. The standard InChI is InChI=1S/C14H8O2.C13H18O2/c15-13-9-5-1-2-6-10(9)14(16)12-8-4-3-7-11(12)13;1-9(2)8-11-4-6-12(7-5-11)10(3)13(14)15/h1-8H;4-7,9-10H,8H2,1-3H3,(H,14,15). The Morgan fingerprint density at radius 3 is 1.42 bits per heavy atom. The van der Waals surface area contributed by atoms with E-state index in [2.05, 4.69) is 13.8 Å². The maximum absolute atomic E-state index is 12.1. The van der Waals surface area contributed by atoms with Crippen molar-refractivity contribution in [1.82, 2.24) is 0 Å². The van der Waals surface area contributed by atoms with Gasteiger partial charge in [-0.3, -0.25) is 14.4 Å². The summed E-state index contributed by atoms with van der Waals surface area (Å²) in [7, 11) is 0. The largest absolute Gasteiger partial charge is 0.481 e. The van der Waals surface area contributed by atoms with E-state index in [1.54, 1.807) is 55.5 Å². The zero-order chi connectivity index (χ0) is 22.5. The minimum absolute atomic E-state index is 0.0641. The number of hydrogen-bond donors (Lipinski definition) is 1. The first kappa shape index (κ1) is 22.2. The van der Waals surface area contributed by atoms with Crippen LogP contribution in [0, 0.1) is 5.92 Å². The maximum atomic E-state index is 12.1. The fraction of sp³-hybridized carbons (Fsp3) is 0.222. The lowest BCUT2D eigenvalue weighted by molar-refractivity contribution is -0.138. The molecule has 3 aromatic rings. The molecule has 0 saturated heterocycles. The molecule has 4 heteroatoms. The van der Waals surface area contributed by atoms with E-state index >= 15 is 0 Å². The van der Waals surface area contributed by atoms with Gasteiger partial charge in [-0.2, -0.15) is 0 Å². The molecule has 1 unspecified atom stereocenters. The van der Waals surface area contributed by atoms with Gasteiger partial charge in [-0.25, -0.2) is 0 Å². The summed E-state index contributed by atoms with van der Waals surface area (Å²) in [6.45, 7) is 6.06. The van der Waals surface area contributed by atoms with Gasteiger partial charge in [0.1, 0.15) is 0 Å². The van der Waals surface area contributed by atoms with E-state index in [1.807, 2.05) is 24.3 Å². The highest BCUT2D eigenvalue weighted by Gasteiger charge is 2.28. The average Bonchev–Trinajstić information content (AvgIpc) is 2.77. The number of carboxylic acids is 1. The Hall–Kier alpha value is -3.53. The third-order valence-corrected chi connectivity index (χ3v) is 5.33. The van der Waals surface area contributed by atoms with Gasteiger partial charge in [0.15, 0.2) is 11.6 Å². The molecule has 4 rings (SSSR count). The molecule has 4 nitrogen and oxygen atoms in total. The normalized spacial score (nSPS) is 13.0. The number of aliphatic carboxylic acids is 1. The molecule has 0 aromatic heterocycles. The second-order valence-electron chi connectivity index (χ2n) is 8.15. The number of fused-ring (bicyclic) bond motifs is 2. The van der Waals surface area contributed by atoms with E-state index in [0.717, 1.165) is 12.0 Å². The van der Waals surface area contributed by atoms with E-state index in [9.17, 15) is 14.4 Å². The fourth-order valence-electron chi connectivity index (χ4n) is 3.60. The molecule has 1 aliphatic carbocycles. The predicted molar refractivity (Wildman–Crippen MR) is 121 cm³/mol. The first-order valence-corrected chi connectivity index (χ1v) is 10.4. The maximum Gasteiger partial charge on any atom is 0.310 e. The molecule has 0 radical (unpaired) electrons. The minimum atomic E-state index is -0.772. The van der Waals surface area contributed by atoms with Crippen molar-refractivity contribution in [2.75, 3.05) is 0 Å². The topological polar surface area (TPSA) is 71.4 Å². The van der Waals surface area contributed by atoms with Crippen LogP contribution in [0.2, 0.25) is 0 Å². The van der Waals surface area contributed by atoms with Crippen LogP contribution in [-0.2, 0) is 11.2 Å². The smallest absolute Gasteiger partial charge is 0.310 e. The summed E-state index contributed by atoms with van der Waals surface area (Å²) in [5.41, 5.74) is 4.16. The Balaban J connectivity index is 0.000000176. The predicted octanol–water partition coefficient (Wildman–Crippen LogP) is 5.54. The molecule has 0 saturated carbocycles. The quantitative estimate of drug-likeness (QED) is 0.476. The Kier molecular flexibility index (Phi) is 6.81. The molecule has 0 bridgehead atoms. The van der Waals surface area contributed by atoms with Gasteiger partial charge in [-0.1, -0.05) is 86.6 Å². The number of benzene rings is 3. The molecule has 1 atom stereocenters. The van der Waals surface area contributed by atoms with Crippen molar-refractivity contribution < 1.29 is 19.5 Å². The van der Waals surface area contributed by atoms with Crippen molar-refractivity contribution in [3.05, 3.63) is 106 Å². The van der Waals surface area contributed by atoms with Gasteiger partial charge in [0.2, 0.25) is 0 Å². The zero-order valence-corrected chi connectivity index (χ0v) is 18.0. The van der Waals surface area contributed by atoms with Crippen molar-refractivity contribution in [3.8, 4) is 0 Å². The van der Waals surface area contributed by atoms with Crippen molar-refractivity contribution in [2.24, 2.45) is 5.92 Å². The van der Waals surface area contributed by atoms with E-state index in [1.165, 1.54) is 5.56 Å². The lowest BCUT2D eigenvalue weighted by Gasteiger charge is -2.16.